The van der Waals surface area contributed by atoms with E-state index in [9.17, 15) is 0 Å². The summed E-state index contributed by atoms with van der Waals surface area (Å²) in [6, 6.07) is 6.15. The van der Waals surface area contributed by atoms with Crippen molar-refractivity contribution in [2.24, 2.45) is 5.92 Å². The minimum absolute atomic E-state index is 0.625. The minimum Gasteiger partial charge on any atom is -0.497 e. The van der Waals surface area contributed by atoms with E-state index in [1.54, 1.807) is 14.2 Å². The van der Waals surface area contributed by atoms with Crippen molar-refractivity contribution in [3.8, 4) is 5.75 Å². The molecule has 0 heterocycles. The summed E-state index contributed by atoms with van der Waals surface area (Å²) >= 11 is 3.61. The number of nitrogens with one attached hydrogen (secondary N) is 1. The van der Waals surface area contributed by atoms with Gasteiger partial charge in [-0.25, -0.2) is 0 Å². The Kier molecular flexibility index (Phi) is 8.10. The zero-order valence-electron chi connectivity index (χ0n) is 12.0. The van der Waals surface area contributed by atoms with Crippen molar-refractivity contribution in [2.45, 2.75) is 19.8 Å². The van der Waals surface area contributed by atoms with Crippen LogP contribution in [0.5, 0.6) is 5.75 Å². The van der Waals surface area contributed by atoms with Gasteiger partial charge in [-0.2, -0.15) is 0 Å². The Morgan fingerprint density at radius 1 is 1.32 bits per heavy atom. The van der Waals surface area contributed by atoms with Crippen LogP contribution in [0.15, 0.2) is 22.7 Å². The van der Waals surface area contributed by atoms with Crippen LogP contribution < -0.4 is 10.1 Å². The lowest BCUT2D eigenvalue weighted by Gasteiger charge is -2.17. The summed E-state index contributed by atoms with van der Waals surface area (Å²) in [7, 11) is 3.43. The van der Waals surface area contributed by atoms with Crippen LogP contribution in [0.2, 0.25) is 0 Å². The molecule has 108 valence electrons. The summed E-state index contributed by atoms with van der Waals surface area (Å²) in [4.78, 5) is 0. The van der Waals surface area contributed by atoms with Crippen LogP contribution >= 0.6 is 15.9 Å². The molecule has 0 spiro atoms. The molecule has 1 atom stereocenters. The van der Waals surface area contributed by atoms with Gasteiger partial charge in [0.15, 0.2) is 0 Å². The van der Waals surface area contributed by atoms with E-state index in [1.165, 1.54) is 5.56 Å². The smallest absolute Gasteiger partial charge is 0.119 e. The first-order valence-corrected chi connectivity index (χ1v) is 7.52. The molecule has 0 aliphatic rings. The van der Waals surface area contributed by atoms with Crippen LogP contribution in [0.3, 0.4) is 0 Å². The fourth-order valence-corrected chi connectivity index (χ4v) is 2.40. The molecular formula is C15H24BrNO2. The van der Waals surface area contributed by atoms with Crippen LogP contribution in [0.1, 0.15) is 18.9 Å². The maximum atomic E-state index is 5.29. The van der Waals surface area contributed by atoms with Crippen molar-refractivity contribution >= 4 is 15.9 Å². The first kappa shape index (κ1) is 16.5. The summed E-state index contributed by atoms with van der Waals surface area (Å²) in [5, 5.41) is 3.43. The van der Waals surface area contributed by atoms with Gasteiger partial charge in [0.1, 0.15) is 5.75 Å². The van der Waals surface area contributed by atoms with Crippen LogP contribution in [-0.4, -0.2) is 33.9 Å². The molecule has 0 radical (unpaired) electrons. The van der Waals surface area contributed by atoms with Crippen LogP contribution in [-0.2, 0) is 11.2 Å². The molecule has 3 nitrogen and oxygen atoms in total. The number of hydrogen-bond acceptors (Lipinski definition) is 3. The van der Waals surface area contributed by atoms with Gasteiger partial charge in [-0.05, 0) is 42.6 Å². The quantitative estimate of drug-likeness (QED) is 0.705. The van der Waals surface area contributed by atoms with Gasteiger partial charge in [0.2, 0.25) is 0 Å². The van der Waals surface area contributed by atoms with Crippen LogP contribution in [0.4, 0.5) is 0 Å². The number of halogens is 1. The van der Waals surface area contributed by atoms with Crippen molar-refractivity contribution in [3.63, 3.8) is 0 Å². The predicted molar refractivity (Wildman–Crippen MR) is 82.9 cm³/mol. The molecule has 0 aromatic heterocycles. The highest BCUT2D eigenvalue weighted by molar-refractivity contribution is 9.10. The summed E-state index contributed by atoms with van der Waals surface area (Å²) in [6.45, 7) is 4.92. The standard InChI is InChI=1S/C15H24BrNO2/c1-4-12(11-17-7-8-18-2)9-13-10-14(19-3)5-6-15(13)16/h5-6,10,12,17H,4,7-9,11H2,1-3H3. The molecular weight excluding hydrogens is 306 g/mol. The molecule has 0 bridgehead atoms. The Balaban J connectivity index is 2.54. The van der Waals surface area contributed by atoms with Gasteiger partial charge in [-0.15, -0.1) is 0 Å². The summed E-state index contributed by atoms with van der Waals surface area (Å²) in [5.74, 6) is 1.54. The zero-order valence-corrected chi connectivity index (χ0v) is 13.6. The Bertz CT molecular complexity index is 371. The van der Waals surface area contributed by atoms with E-state index in [1.807, 2.05) is 6.07 Å². The van der Waals surface area contributed by atoms with Crippen LogP contribution in [0, 0.1) is 5.92 Å². The first-order valence-electron chi connectivity index (χ1n) is 6.73. The summed E-state index contributed by atoms with van der Waals surface area (Å²) in [5.41, 5.74) is 1.31. The second-order valence-corrected chi connectivity index (χ2v) is 5.49. The van der Waals surface area contributed by atoms with Crippen molar-refractivity contribution < 1.29 is 9.47 Å². The SMILES string of the molecule is CCC(CNCCOC)Cc1cc(OC)ccc1Br. The van der Waals surface area contributed by atoms with Crippen molar-refractivity contribution in [1.82, 2.24) is 5.32 Å². The largest absolute Gasteiger partial charge is 0.497 e. The number of hydrogen-bond donors (Lipinski definition) is 1. The van der Waals surface area contributed by atoms with Gasteiger partial charge in [-0.3, -0.25) is 0 Å². The van der Waals surface area contributed by atoms with Gasteiger partial charge in [0.25, 0.3) is 0 Å². The third kappa shape index (κ3) is 5.93. The molecule has 0 amide bonds. The Morgan fingerprint density at radius 2 is 2.11 bits per heavy atom. The van der Waals surface area contributed by atoms with Gasteiger partial charge in [0, 0.05) is 18.1 Å². The fourth-order valence-electron chi connectivity index (χ4n) is 1.99. The lowest BCUT2D eigenvalue weighted by Crippen LogP contribution is -2.27. The second kappa shape index (κ2) is 9.34. The topological polar surface area (TPSA) is 30.5 Å². The van der Waals surface area contributed by atoms with Gasteiger partial charge in [0.05, 0.1) is 13.7 Å². The van der Waals surface area contributed by atoms with Crippen LogP contribution in [0.25, 0.3) is 0 Å². The molecule has 4 heteroatoms. The molecule has 0 fully saturated rings. The average Bonchev–Trinajstić information content (AvgIpc) is 2.44. The summed E-state index contributed by atoms with van der Waals surface area (Å²) in [6.07, 6.45) is 2.21. The number of benzene rings is 1. The van der Waals surface area contributed by atoms with E-state index >= 15 is 0 Å². The third-order valence-corrected chi connectivity index (χ3v) is 4.03. The first-order chi connectivity index (χ1) is 9.21. The molecule has 1 N–H and O–H groups in total. The Hall–Kier alpha value is -0.580. The predicted octanol–water partition coefficient (Wildman–Crippen LogP) is 3.26. The molecule has 1 unspecified atom stereocenters. The van der Waals surface area contributed by atoms with E-state index in [2.05, 4.69) is 40.3 Å². The van der Waals surface area contributed by atoms with Gasteiger partial charge >= 0.3 is 0 Å². The maximum Gasteiger partial charge on any atom is 0.119 e. The van der Waals surface area contributed by atoms with E-state index in [0.29, 0.717) is 5.92 Å². The number of methoxy groups -OCH3 is 2. The normalized spacial score (nSPS) is 12.4. The lowest BCUT2D eigenvalue weighted by atomic mass is 9.96. The van der Waals surface area contributed by atoms with E-state index in [-0.39, 0.29) is 0 Å². The molecule has 19 heavy (non-hydrogen) atoms. The highest BCUT2D eigenvalue weighted by Gasteiger charge is 2.10. The fraction of sp³-hybridized carbons (Fsp3) is 0.600. The maximum absolute atomic E-state index is 5.29. The molecule has 0 saturated carbocycles. The molecule has 1 aromatic rings. The minimum atomic E-state index is 0.625. The van der Waals surface area contributed by atoms with Crippen molar-refractivity contribution in [2.75, 3.05) is 33.9 Å². The average molecular weight is 330 g/mol. The molecule has 0 aliphatic carbocycles. The monoisotopic (exact) mass is 329 g/mol. The van der Waals surface area contributed by atoms with E-state index in [4.69, 9.17) is 9.47 Å². The molecule has 0 aliphatic heterocycles. The third-order valence-electron chi connectivity index (χ3n) is 3.25. The van der Waals surface area contributed by atoms with E-state index in [0.717, 1.165) is 42.8 Å². The number of ether oxygens (including phenoxy) is 2. The Labute approximate surface area is 124 Å². The lowest BCUT2D eigenvalue weighted by molar-refractivity contribution is 0.197. The second-order valence-electron chi connectivity index (χ2n) is 4.63. The molecule has 0 saturated heterocycles. The highest BCUT2D eigenvalue weighted by Crippen LogP contribution is 2.25. The van der Waals surface area contributed by atoms with Crippen molar-refractivity contribution in [1.29, 1.82) is 0 Å². The van der Waals surface area contributed by atoms with E-state index < -0.39 is 0 Å². The van der Waals surface area contributed by atoms with Gasteiger partial charge in [-0.1, -0.05) is 29.3 Å². The number of rotatable bonds is 9. The molecule has 1 rings (SSSR count). The highest BCUT2D eigenvalue weighted by atomic mass is 79.9. The van der Waals surface area contributed by atoms with Gasteiger partial charge < -0.3 is 14.8 Å². The summed E-state index contributed by atoms with van der Waals surface area (Å²) < 4.78 is 11.5. The van der Waals surface area contributed by atoms with Crippen molar-refractivity contribution in [3.05, 3.63) is 28.2 Å². The Morgan fingerprint density at radius 3 is 2.74 bits per heavy atom. The molecule has 1 aromatic carbocycles. The zero-order chi connectivity index (χ0) is 14.1.